The van der Waals surface area contributed by atoms with Gasteiger partial charge in [-0.15, -0.1) is 0 Å². The third-order valence-electron chi connectivity index (χ3n) is 3.89. The van der Waals surface area contributed by atoms with E-state index in [1.807, 2.05) is 13.0 Å². The van der Waals surface area contributed by atoms with Crippen LogP contribution in [0.3, 0.4) is 0 Å². The Kier molecular flexibility index (Phi) is 7.60. The highest BCUT2D eigenvalue weighted by Crippen LogP contribution is 2.21. The van der Waals surface area contributed by atoms with Crippen molar-refractivity contribution in [3.8, 4) is 5.75 Å². The second-order valence-corrected chi connectivity index (χ2v) is 8.67. The number of hydrogen-bond donors (Lipinski definition) is 0. The maximum absolute atomic E-state index is 12.0. The van der Waals surface area contributed by atoms with E-state index < -0.39 is 28.2 Å². The Labute approximate surface area is 169 Å². The molecule has 28 heavy (non-hydrogen) atoms. The lowest BCUT2D eigenvalue weighted by Gasteiger charge is -2.08. The maximum Gasteiger partial charge on any atom is 0.306 e. The zero-order chi connectivity index (χ0) is 20.7. The fourth-order valence-electron chi connectivity index (χ4n) is 2.30. The van der Waals surface area contributed by atoms with Crippen molar-refractivity contribution >= 4 is 33.2 Å². The van der Waals surface area contributed by atoms with Crippen LogP contribution in [0.1, 0.15) is 28.8 Å². The molecule has 0 fully saturated rings. The normalized spacial score (nSPS) is 11.1. The molecule has 0 N–H and O–H groups in total. The molecule has 2 rings (SSSR count). The van der Waals surface area contributed by atoms with Gasteiger partial charge in [-0.1, -0.05) is 11.6 Å². The molecule has 6 nitrogen and oxygen atoms in total. The summed E-state index contributed by atoms with van der Waals surface area (Å²) in [5, 5.41) is 0.659. The fourth-order valence-corrected chi connectivity index (χ4v) is 3.05. The van der Waals surface area contributed by atoms with E-state index in [1.54, 1.807) is 12.1 Å². The third kappa shape index (κ3) is 6.65. The Morgan fingerprint density at radius 3 is 2.36 bits per heavy atom. The number of esters is 1. The molecule has 0 unspecified atom stereocenters. The number of rotatable bonds is 9. The monoisotopic (exact) mass is 424 g/mol. The Morgan fingerprint density at radius 1 is 1.07 bits per heavy atom. The first-order chi connectivity index (χ1) is 13.2. The van der Waals surface area contributed by atoms with Gasteiger partial charge in [-0.2, -0.15) is 0 Å². The second kappa shape index (κ2) is 9.71. The lowest BCUT2D eigenvalue weighted by Crippen LogP contribution is -2.15. The first-order valence-corrected chi connectivity index (χ1v) is 10.8. The second-order valence-electron chi connectivity index (χ2n) is 6.24. The minimum absolute atomic E-state index is 0.118. The summed E-state index contributed by atoms with van der Waals surface area (Å²) in [6.45, 7) is 1.81. The zero-order valence-electron chi connectivity index (χ0n) is 15.6. The summed E-state index contributed by atoms with van der Waals surface area (Å²) in [5.74, 6) is -0.235. The van der Waals surface area contributed by atoms with Gasteiger partial charge < -0.3 is 9.47 Å². The van der Waals surface area contributed by atoms with Gasteiger partial charge >= 0.3 is 5.97 Å². The molecule has 0 amide bonds. The lowest BCUT2D eigenvalue weighted by atomic mass is 10.1. The van der Waals surface area contributed by atoms with Crippen LogP contribution in [-0.4, -0.2) is 39.6 Å². The predicted molar refractivity (Wildman–Crippen MR) is 106 cm³/mol. The summed E-state index contributed by atoms with van der Waals surface area (Å²) in [6, 6.07) is 10.8. The van der Waals surface area contributed by atoms with Gasteiger partial charge in [0.05, 0.1) is 11.5 Å². The SMILES string of the molecule is Cc1cc(OCCCC(=O)OCC(=O)c2ccc(S(C)(=O)=O)cc2)ccc1Cl. The van der Waals surface area contributed by atoms with Crippen LogP contribution < -0.4 is 4.74 Å². The van der Waals surface area contributed by atoms with Gasteiger partial charge in [-0.3, -0.25) is 9.59 Å². The van der Waals surface area contributed by atoms with Crippen LogP contribution in [-0.2, 0) is 19.4 Å². The third-order valence-corrected chi connectivity index (χ3v) is 5.44. The summed E-state index contributed by atoms with van der Waals surface area (Å²) in [6.07, 6.45) is 1.65. The largest absolute Gasteiger partial charge is 0.494 e. The van der Waals surface area contributed by atoms with E-state index >= 15 is 0 Å². The molecule has 0 aromatic heterocycles. The molecule has 0 atom stereocenters. The van der Waals surface area contributed by atoms with Crippen molar-refractivity contribution in [1.82, 2.24) is 0 Å². The first-order valence-electron chi connectivity index (χ1n) is 8.55. The fraction of sp³-hybridized carbons (Fsp3) is 0.300. The Morgan fingerprint density at radius 2 is 1.75 bits per heavy atom. The highest BCUT2D eigenvalue weighted by Gasteiger charge is 2.12. The highest BCUT2D eigenvalue weighted by molar-refractivity contribution is 7.90. The Bertz CT molecular complexity index is 951. The van der Waals surface area contributed by atoms with E-state index in [4.69, 9.17) is 21.1 Å². The number of Topliss-reactive ketones (excluding diaryl/α,β-unsaturated/α-hetero) is 1. The molecule has 0 saturated heterocycles. The van der Waals surface area contributed by atoms with E-state index in [0.29, 0.717) is 23.8 Å². The van der Waals surface area contributed by atoms with Gasteiger partial charge in [0.15, 0.2) is 22.2 Å². The van der Waals surface area contributed by atoms with E-state index in [1.165, 1.54) is 24.3 Å². The van der Waals surface area contributed by atoms with E-state index in [0.717, 1.165) is 11.8 Å². The van der Waals surface area contributed by atoms with Crippen LogP contribution in [0.25, 0.3) is 0 Å². The molecule has 0 aliphatic heterocycles. The Balaban J connectivity index is 1.71. The summed E-state index contributed by atoms with van der Waals surface area (Å²) in [4.78, 5) is 23.9. The molecule has 0 saturated carbocycles. The smallest absolute Gasteiger partial charge is 0.306 e. The molecule has 0 aliphatic carbocycles. The highest BCUT2D eigenvalue weighted by atomic mass is 35.5. The first kappa shape index (κ1) is 21.9. The predicted octanol–water partition coefficient (Wildman–Crippen LogP) is 3.64. The van der Waals surface area contributed by atoms with Crippen LogP contribution in [0, 0.1) is 6.92 Å². The van der Waals surface area contributed by atoms with Crippen LogP contribution in [0.2, 0.25) is 5.02 Å². The van der Waals surface area contributed by atoms with Crippen molar-refractivity contribution in [3.63, 3.8) is 0 Å². The number of ketones is 1. The van der Waals surface area contributed by atoms with Crippen molar-refractivity contribution in [2.75, 3.05) is 19.5 Å². The molecular formula is C20H21ClO6S. The molecule has 8 heteroatoms. The number of sulfone groups is 1. The van der Waals surface area contributed by atoms with Crippen molar-refractivity contribution < 1.29 is 27.5 Å². The minimum atomic E-state index is -3.32. The van der Waals surface area contributed by atoms with E-state index in [9.17, 15) is 18.0 Å². The van der Waals surface area contributed by atoms with E-state index in [2.05, 4.69) is 0 Å². The van der Waals surface area contributed by atoms with Crippen molar-refractivity contribution in [1.29, 1.82) is 0 Å². The van der Waals surface area contributed by atoms with Gasteiger partial charge in [-0.25, -0.2) is 8.42 Å². The van der Waals surface area contributed by atoms with Gasteiger partial charge in [0.1, 0.15) is 5.75 Å². The summed E-state index contributed by atoms with van der Waals surface area (Å²) < 4.78 is 33.3. The van der Waals surface area contributed by atoms with Crippen molar-refractivity contribution in [3.05, 3.63) is 58.6 Å². The van der Waals surface area contributed by atoms with Crippen molar-refractivity contribution in [2.24, 2.45) is 0 Å². The molecule has 0 spiro atoms. The molecule has 0 aliphatic rings. The number of ether oxygens (including phenoxy) is 2. The number of carbonyl (C=O) groups is 2. The molecule has 0 radical (unpaired) electrons. The lowest BCUT2D eigenvalue weighted by molar-refractivity contribution is -0.142. The Hall–Kier alpha value is -2.38. The van der Waals surface area contributed by atoms with E-state index in [-0.39, 0.29) is 16.9 Å². The van der Waals surface area contributed by atoms with Crippen LogP contribution in [0.15, 0.2) is 47.4 Å². The number of hydrogen-bond acceptors (Lipinski definition) is 6. The van der Waals surface area contributed by atoms with Gasteiger partial charge in [0, 0.05) is 23.3 Å². The molecule has 2 aromatic carbocycles. The van der Waals surface area contributed by atoms with Crippen LogP contribution >= 0.6 is 11.6 Å². The quantitative estimate of drug-likeness (QED) is 0.347. The molecule has 0 heterocycles. The number of carbonyl (C=O) groups excluding carboxylic acids is 2. The number of halogens is 1. The average molecular weight is 425 g/mol. The number of aryl methyl sites for hydroxylation is 1. The average Bonchev–Trinajstić information content (AvgIpc) is 2.65. The maximum atomic E-state index is 12.0. The van der Waals surface area contributed by atoms with Gasteiger partial charge in [-0.05, 0) is 61.4 Å². The standard InChI is InChI=1S/C20H21ClO6S/c1-14-12-16(7-10-18(14)21)26-11-3-4-20(23)27-13-19(22)15-5-8-17(9-6-15)28(2,24)25/h5-10,12H,3-4,11,13H2,1-2H3. The summed E-state index contributed by atoms with van der Waals surface area (Å²) in [5.41, 5.74) is 1.18. The summed E-state index contributed by atoms with van der Waals surface area (Å²) in [7, 11) is -3.32. The molecule has 2 aromatic rings. The summed E-state index contributed by atoms with van der Waals surface area (Å²) >= 11 is 5.94. The van der Waals surface area contributed by atoms with Gasteiger partial charge in [0.2, 0.25) is 0 Å². The topological polar surface area (TPSA) is 86.7 Å². The van der Waals surface area contributed by atoms with Gasteiger partial charge in [0.25, 0.3) is 0 Å². The minimum Gasteiger partial charge on any atom is -0.494 e. The van der Waals surface area contributed by atoms with Crippen LogP contribution in [0.4, 0.5) is 0 Å². The van der Waals surface area contributed by atoms with Crippen LogP contribution in [0.5, 0.6) is 5.75 Å². The molecule has 0 bridgehead atoms. The molecule has 150 valence electrons. The van der Waals surface area contributed by atoms with Crippen molar-refractivity contribution in [2.45, 2.75) is 24.7 Å². The number of benzene rings is 2. The molecular weight excluding hydrogens is 404 g/mol. The zero-order valence-corrected chi connectivity index (χ0v) is 17.2.